The highest BCUT2D eigenvalue weighted by atomic mass is 32.2. The first-order valence-electron chi connectivity index (χ1n) is 6.59. The zero-order valence-corrected chi connectivity index (χ0v) is 14.5. The van der Waals surface area contributed by atoms with Crippen LogP contribution < -0.4 is 0 Å². The summed E-state index contributed by atoms with van der Waals surface area (Å²) in [7, 11) is -6.31. The van der Waals surface area contributed by atoms with Gasteiger partial charge in [0, 0.05) is 12.6 Å². The standard InChI is InChI=1S/C13H17FN2O5S2/c1-10-15-13(8-21-22(3,17)18,9-23(19,20)16(10)2)11-6-4-5-7-12(11)14/h4-7H,8-9H2,1-3H3. The van der Waals surface area contributed by atoms with Crippen LogP contribution in [0.1, 0.15) is 12.5 Å². The molecule has 0 amide bonds. The SMILES string of the molecule is CC1=NC(COS(C)(=O)=O)(c2ccccc2F)CS(=O)(=O)N1C. The number of amidine groups is 1. The number of halogens is 1. The minimum atomic E-state index is -3.85. The van der Waals surface area contributed by atoms with Gasteiger partial charge in [-0.3, -0.25) is 13.5 Å². The van der Waals surface area contributed by atoms with Crippen LogP contribution in [0.4, 0.5) is 4.39 Å². The van der Waals surface area contributed by atoms with Crippen LogP contribution in [0.5, 0.6) is 0 Å². The van der Waals surface area contributed by atoms with Crippen molar-refractivity contribution >= 4 is 26.0 Å². The lowest BCUT2D eigenvalue weighted by Gasteiger charge is -2.37. The Morgan fingerprint density at radius 1 is 1.39 bits per heavy atom. The molecule has 10 heteroatoms. The van der Waals surface area contributed by atoms with Crippen molar-refractivity contribution < 1.29 is 25.4 Å². The molecule has 0 N–H and O–H groups in total. The highest BCUT2D eigenvalue weighted by Crippen LogP contribution is 2.35. The molecule has 0 aromatic heterocycles. The van der Waals surface area contributed by atoms with Crippen molar-refractivity contribution in [3.63, 3.8) is 0 Å². The van der Waals surface area contributed by atoms with Crippen LogP contribution >= 0.6 is 0 Å². The molecule has 0 radical (unpaired) electrons. The molecular formula is C13H17FN2O5S2. The van der Waals surface area contributed by atoms with Crippen LogP contribution in [0.25, 0.3) is 0 Å². The van der Waals surface area contributed by atoms with Gasteiger partial charge in [-0.25, -0.2) is 12.8 Å². The van der Waals surface area contributed by atoms with E-state index in [0.29, 0.717) is 0 Å². The fourth-order valence-corrected chi connectivity index (χ4v) is 4.30. The Labute approximate surface area is 135 Å². The molecule has 1 aromatic rings. The molecule has 1 unspecified atom stereocenters. The van der Waals surface area contributed by atoms with Gasteiger partial charge in [0.2, 0.25) is 10.0 Å². The van der Waals surface area contributed by atoms with Crippen LogP contribution in [-0.2, 0) is 29.9 Å². The predicted molar refractivity (Wildman–Crippen MR) is 83.5 cm³/mol. The van der Waals surface area contributed by atoms with Crippen molar-refractivity contribution in [2.75, 3.05) is 25.7 Å². The van der Waals surface area contributed by atoms with Crippen LogP contribution in [0, 0.1) is 5.82 Å². The third-order valence-electron chi connectivity index (χ3n) is 3.56. The Morgan fingerprint density at radius 2 is 2.00 bits per heavy atom. The highest BCUT2D eigenvalue weighted by Gasteiger charge is 2.45. The molecule has 0 spiro atoms. The molecule has 1 aliphatic heterocycles. The molecule has 1 aromatic carbocycles. The summed E-state index contributed by atoms with van der Waals surface area (Å²) in [5.74, 6) is -1.15. The molecule has 1 heterocycles. The molecule has 0 aliphatic carbocycles. The maximum Gasteiger partial charge on any atom is 0.264 e. The van der Waals surface area contributed by atoms with E-state index in [0.717, 1.165) is 16.6 Å². The van der Waals surface area contributed by atoms with E-state index in [1.54, 1.807) is 0 Å². The number of benzene rings is 1. The molecule has 2 rings (SSSR count). The predicted octanol–water partition coefficient (Wildman–Crippen LogP) is 0.691. The number of nitrogens with zero attached hydrogens (tertiary/aromatic N) is 2. The van der Waals surface area contributed by atoms with Crippen molar-refractivity contribution in [2.45, 2.75) is 12.5 Å². The summed E-state index contributed by atoms with van der Waals surface area (Å²) in [4.78, 5) is 4.26. The third kappa shape index (κ3) is 3.70. The van der Waals surface area contributed by atoms with E-state index in [4.69, 9.17) is 4.18 Å². The van der Waals surface area contributed by atoms with Crippen LogP contribution in [0.2, 0.25) is 0 Å². The summed E-state index contributed by atoms with van der Waals surface area (Å²) in [5, 5.41) is 0. The summed E-state index contributed by atoms with van der Waals surface area (Å²) < 4.78 is 67.3. The van der Waals surface area contributed by atoms with Crippen molar-refractivity contribution in [3.05, 3.63) is 35.6 Å². The lowest BCUT2D eigenvalue weighted by molar-refractivity contribution is 0.233. The van der Waals surface area contributed by atoms with E-state index in [9.17, 15) is 21.2 Å². The van der Waals surface area contributed by atoms with E-state index in [-0.39, 0.29) is 11.4 Å². The summed E-state index contributed by atoms with van der Waals surface area (Å²) in [6.45, 7) is 0.851. The highest BCUT2D eigenvalue weighted by molar-refractivity contribution is 7.89. The number of hydrogen-bond donors (Lipinski definition) is 0. The first-order valence-corrected chi connectivity index (χ1v) is 10.0. The number of hydrogen-bond acceptors (Lipinski definition) is 6. The smallest absolute Gasteiger partial charge is 0.264 e. The maximum atomic E-state index is 14.2. The lowest BCUT2D eigenvalue weighted by Crippen LogP contribution is -2.50. The maximum absolute atomic E-state index is 14.2. The molecule has 1 atom stereocenters. The summed E-state index contributed by atoms with van der Waals surface area (Å²) in [5.41, 5.74) is -1.69. The van der Waals surface area contributed by atoms with Crippen LogP contribution in [-0.4, -0.2) is 52.6 Å². The second-order valence-electron chi connectivity index (χ2n) is 5.36. The zero-order valence-electron chi connectivity index (χ0n) is 12.9. The molecule has 0 saturated heterocycles. The second kappa shape index (κ2) is 5.84. The van der Waals surface area contributed by atoms with Gasteiger partial charge in [-0.15, -0.1) is 0 Å². The second-order valence-corrected chi connectivity index (χ2v) is 9.00. The van der Waals surface area contributed by atoms with E-state index >= 15 is 0 Å². The molecule has 128 valence electrons. The number of sulfonamides is 1. The first kappa shape index (κ1) is 17.8. The quantitative estimate of drug-likeness (QED) is 0.733. The molecule has 7 nitrogen and oxygen atoms in total. The lowest BCUT2D eigenvalue weighted by atomic mass is 9.92. The summed E-state index contributed by atoms with van der Waals surface area (Å²) in [6.07, 6.45) is 0.835. The minimum absolute atomic E-state index is 0.0281. The van der Waals surface area contributed by atoms with Gasteiger partial charge in [-0.2, -0.15) is 8.42 Å². The van der Waals surface area contributed by atoms with Gasteiger partial charge in [0.25, 0.3) is 10.1 Å². The largest absolute Gasteiger partial charge is 0.267 e. The fourth-order valence-electron chi connectivity index (χ4n) is 2.35. The average Bonchev–Trinajstić information content (AvgIpc) is 2.42. The van der Waals surface area contributed by atoms with Crippen molar-refractivity contribution in [3.8, 4) is 0 Å². The van der Waals surface area contributed by atoms with Gasteiger partial charge in [0.15, 0.2) is 0 Å². The van der Waals surface area contributed by atoms with Gasteiger partial charge in [0.1, 0.15) is 22.9 Å². The van der Waals surface area contributed by atoms with Gasteiger partial charge < -0.3 is 0 Å². The van der Waals surface area contributed by atoms with Crippen LogP contribution in [0.3, 0.4) is 0 Å². The van der Waals surface area contributed by atoms with Gasteiger partial charge in [0.05, 0.1) is 12.9 Å². The monoisotopic (exact) mass is 364 g/mol. The van der Waals surface area contributed by atoms with E-state index in [2.05, 4.69) is 4.99 Å². The molecule has 0 fully saturated rings. The van der Waals surface area contributed by atoms with Crippen LogP contribution in [0.15, 0.2) is 29.3 Å². The Kier molecular flexibility index (Phi) is 4.53. The Bertz CT molecular complexity index is 851. The normalized spacial score (nSPS) is 24.3. The van der Waals surface area contributed by atoms with Gasteiger partial charge in [-0.05, 0) is 13.0 Å². The Morgan fingerprint density at radius 3 is 2.52 bits per heavy atom. The fraction of sp³-hybridized carbons (Fsp3) is 0.462. The summed E-state index contributed by atoms with van der Waals surface area (Å²) >= 11 is 0. The summed E-state index contributed by atoms with van der Waals surface area (Å²) in [6, 6.07) is 5.51. The molecule has 23 heavy (non-hydrogen) atoms. The number of rotatable bonds is 4. The first-order chi connectivity index (χ1) is 10.5. The minimum Gasteiger partial charge on any atom is -0.267 e. The average molecular weight is 364 g/mol. The Hall–Kier alpha value is -1.52. The van der Waals surface area contributed by atoms with Crippen molar-refractivity contribution in [1.82, 2.24) is 4.31 Å². The van der Waals surface area contributed by atoms with Crippen molar-refractivity contribution in [1.29, 1.82) is 0 Å². The van der Waals surface area contributed by atoms with E-state index in [1.807, 2.05) is 0 Å². The van der Waals surface area contributed by atoms with E-state index in [1.165, 1.54) is 32.2 Å². The third-order valence-corrected chi connectivity index (χ3v) is 6.04. The number of aliphatic imine (C=N–C) groups is 1. The molecule has 1 aliphatic rings. The van der Waals surface area contributed by atoms with Gasteiger partial charge in [-0.1, -0.05) is 18.2 Å². The van der Waals surface area contributed by atoms with E-state index < -0.39 is 43.9 Å². The van der Waals surface area contributed by atoms with Crippen molar-refractivity contribution in [2.24, 2.45) is 4.99 Å². The molecular weight excluding hydrogens is 347 g/mol. The van der Waals surface area contributed by atoms with Gasteiger partial charge >= 0.3 is 0 Å². The molecule has 0 bridgehead atoms. The Balaban J connectivity index is 2.64. The molecule has 0 saturated carbocycles. The topological polar surface area (TPSA) is 93.1 Å². The zero-order chi connectivity index (χ0) is 17.5.